The molecule has 8 nitrogen and oxygen atoms in total. The monoisotopic (exact) mass is 584 g/mol. The first kappa shape index (κ1) is 29.6. The van der Waals surface area contributed by atoms with Gasteiger partial charge in [-0.15, -0.1) is 0 Å². The highest BCUT2D eigenvalue weighted by Gasteiger charge is 2.45. The molecule has 0 aliphatic carbocycles. The average Bonchev–Trinajstić information content (AvgIpc) is 3.36. The molecule has 3 aromatic rings. The average molecular weight is 585 g/mol. The topological polar surface area (TPSA) is 78.4 Å². The van der Waals surface area contributed by atoms with E-state index in [0.717, 1.165) is 76.3 Å². The number of benzene rings is 2. The van der Waals surface area contributed by atoms with Gasteiger partial charge < -0.3 is 24.4 Å². The number of aromatic nitrogens is 1. The normalized spacial score (nSPS) is 21.0. The van der Waals surface area contributed by atoms with Crippen molar-refractivity contribution in [2.75, 3.05) is 32.8 Å². The van der Waals surface area contributed by atoms with Gasteiger partial charge in [-0.05, 0) is 75.3 Å². The second-order valence-corrected chi connectivity index (χ2v) is 12.7. The fourth-order valence-electron chi connectivity index (χ4n) is 6.73. The molecule has 1 aromatic heterocycles. The Balaban J connectivity index is 1.08. The van der Waals surface area contributed by atoms with Crippen LogP contribution in [-0.4, -0.2) is 75.8 Å². The SMILES string of the molecule is Cc1nc(Oc2ccc(C(C)(C)O)cc2)ccc1CN1CCC(N2C(=O)N(C3CCOCC3)CC2c2ccccc2)CC1. The maximum Gasteiger partial charge on any atom is 0.321 e. The molecule has 3 fully saturated rings. The van der Waals surface area contributed by atoms with E-state index in [0.29, 0.717) is 11.6 Å². The van der Waals surface area contributed by atoms with Gasteiger partial charge in [0.05, 0.1) is 11.6 Å². The summed E-state index contributed by atoms with van der Waals surface area (Å²) in [5.74, 6) is 1.25. The van der Waals surface area contributed by atoms with Crippen molar-refractivity contribution in [2.45, 2.75) is 76.7 Å². The highest BCUT2D eigenvalue weighted by atomic mass is 16.5. The number of pyridine rings is 1. The van der Waals surface area contributed by atoms with Crippen molar-refractivity contribution in [3.05, 3.63) is 89.1 Å². The lowest BCUT2D eigenvalue weighted by Gasteiger charge is -2.39. The Morgan fingerprint density at radius 1 is 0.930 bits per heavy atom. The Bertz CT molecular complexity index is 1380. The van der Waals surface area contributed by atoms with E-state index in [9.17, 15) is 9.90 Å². The lowest BCUT2D eigenvalue weighted by atomic mass is 9.98. The predicted molar refractivity (Wildman–Crippen MR) is 166 cm³/mol. The second kappa shape index (κ2) is 12.6. The van der Waals surface area contributed by atoms with Crippen LogP contribution >= 0.6 is 0 Å². The van der Waals surface area contributed by atoms with Crippen LogP contribution in [-0.2, 0) is 16.9 Å². The number of likely N-dealkylation sites (tertiary alicyclic amines) is 1. The number of piperidine rings is 1. The van der Waals surface area contributed by atoms with Gasteiger partial charge >= 0.3 is 6.03 Å². The van der Waals surface area contributed by atoms with Crippen LogP contribution in [0.5, 0.6) is 11.6 Å². The molecule has 0 radical (unpaired) electrons. The number of nitrogens with zero attached hydrogens (tertiary/aromatic N) is 4. The summed E-state index contributed by atoms with van der Waals surface area (Å²) in [4.78, 5) is 25.4. The molecule has 1 N–H and O–H groups in total. The number of hydrogen-bond donors (Lipinski definition) is 1. The minimum Gasteiger partial charge on any atom is -0.439 e. The molecule has 1 unspecified atom stereocenters. The van der Waals surface area contributed by atoms with Crippen LogP contribution in [0, 0.1) is 6.92 Å². The van der Waals surface area contributed by atoms with E-state index in [1.165, 1.54) is 11.1 Å². The third-order valence-electron chi connectivity index (χ3n) is 9.29. The van der Waals surface area contributed by atoms with Gasteiger partial charge in [0, 0.05) is 63.2 Å². The van der Waals surface area contributed by atoms with E-state index in [1.54, 1.807) is 13.8 Å². The van der Waals surface area contributed by atoms with Crippen molar-refractivity contribution < 1.29 is 19.4 Å². The fourth-order valence-corrected chi connectivity index (χ4v) is 6.73. The molecule has 3 aliphatic heterocycles. The van der Waals surface area contributed by atoms with Gasteiger partial charge in [0.15, 0.2) is 0 Å². The summed E-state index contributed by atoms with van der Waals surface area (Å²) < 4.78 is 11.6. The molecule has 0 saturated carbocycles. The number of rotatable bonds is 8. The van der Waals surface area contributed by atoms with E-state index in [1.807, 2.05) is 43.3 Å². The zero-order valence-corrected chi connectivity index (χ0v) is 25.6. The molecular formula is C35H44N4O4. The Hall–Kier alpha value is -3.46. The predicted octanol–water partition coefficient (Wildman–Crippen LogP) is 6.03. The largest absolute Gasteiger partial charge is 0.439 e. The molecule has 1 atom stereocenters. The van der Waals surface area contributed by atoms with Gasteiger partial charge in [-0.1, -0.05) is 48.5 Å². The molecule has 2 amide bonds. The van der Waals surface area contributed by atoms with E-state index in [2.05, 4.69) is 45.0 Å². The second-order valence-electron chi connectivity index (χ2n) is 12.7. The van der Waals surface area contributed by atoms with Gasteiger partial charge in [0.1, 0.15) is 5.75 Å². The smallest absolute Gasteiger partial charge is 0.321 e. The number of carbonyl (C=O) groups excluding carboxylic acids is 1. The van der Waals surface area contributed by atoms with Crippen LogP contribution in [0.2, 0.25) is 0 Å². The lowest BCUT2D eigenvalue weighted by Crippen LogP contribution is -2.48. The number of ether oxygens (including phenoxy) is 2. The first-order valence-electron chi connectivity index (χ1n) is 15.7. The molecule has 3 saturated heterocycles. The quantitative estimate of drug-likeness (QED) is 0.348. The highest BCUT2D eigenvalue weighted by molar-refractivity contribution is 5.78. The van der Waals surface area contributed by atoms with Crippen molar-refractivity contribution in [3.63, 3.8) is 0 Å². The molecule has 228 valence electrons. The summed E-state index contributed by atoms with van der Waals surface area (Å²) in [5.41, 5.74) is 3.32. The van der Waals surface area contributed by atoms with Crippen molar-refractivity contribution in [1.29, 1.82) is 0 Å². The van der Waals surface area contributed by atoms with Gasteiger partial charge in [0.2, 0.25) is 5.88 Å². The fraction of sp³-hybridized carbons (Fsp3) is 0.486. The van der Waals surface area contributed by atoms with Crippen LogP contribution in [0.1, 0.15) is 68.0 Å². The molecule has 4 heterocycles. The molecule has 6 rings (SSSR count). The standard InChI is InChI=1S/C35H44N4O4/c1-25-27(9-14-33(36-25)43-31-12-10-28(11-13-31)35(2,3)41)23-37-19-15-30(16-20-37)39-32(26-7-5-4-6-8-26)24-38(34(39)40)29-17-21-42-22-18-29/h4-14,29-30,32,41H,15-24H2,1-3H3. The van der Waals surface area contributed by atoms with Gasteiger partial charge in [0.25, 0.3) is 0 Å². The number of amides is 2. The van der Waals surface area contributed by atoms with Crippen molar-refractivity contribution >= 4 is 6.03 Å². The third kappa shape index (κ3) is 6.71. The molecule has 2 aromatic carbocycles. The van der Waals surface area contributed by atoms with E-state index < -0.39 is 5.60 Å². The Kier molecular flexibility index (Phi) is 8.71. The molecule has 3 aliphatic rings. The van der Waals surface area contributed by atoms with E-state index >= 15 is 0 Å². The summed E-state index contributed by atoms with van der Waals surface area (Å²) in [6, 6.07) is 22.8. The van der Waals surface area contributed by atoms with Crippen molar-refractivity contribution in [2.24, 2.45) is 0 Å². The van der Waals surface area contributed by atoms with Crippen LogP contribution in [0.25, 0.3) is 0 Å². The van der Waals surface area contributed by atoms with Crippen LogP contribution in [0.4, 0.5) is 4.79 Å². The summed E-state index contributed by atoms with van der Waals surface area (Å²) in [6.45, 7) is 10.5. The zero-order chi connectivity index (χ0) is 30.0. The van der Waals surface area contributed by atoms with E-state index in [4.69, 9.17) is 14.5 Å². The Morgan fingerprint density at radius 2 is 1.63 bits per heavy atom. The third-order valence-corrected chi connectivity index (χ3v) is 9.29. The van der Waals surface area contributed by atoms with Crippen molar-refractivity contribution in [3.8, 4) is 11.6 Å². The van der Waals surface area contributed by atoms with E-state index in [-0.39, 0.29) is 24.2 Å². The van der Waals surface area contributed by atoms with Gasteiger partial charge in [-0.3, -0.25) is 4.90 Å². The first-order chi connectivity index (χ1) is 20.8. The summed E-state index contributed by atoms with van der Waals surface area (Å²) >= 11 is 0. The van der Waals surface area contributed by atoms with Crippen LogP contribution in [0.3, 0.4) is 0 Å². The molecule has 8 heteroatoms. The summed E-state index contributed by atoms with van der Waals surface area (Å²) in [7, 11) is 0. The molecule has 43 heavy (non-hydrogen) atoms. The Morgan fingerprint density at radius 3 is 2.28 bits per heavy atom. The van der Waals surface area contributed by atoms with Crippen molar-refractivity contribution in [1.82, 2.24) is 19.7 Å². The maximum atomic E-state index is 13.9. The van der Waals surface area contributed by atoms with Gasteiger partial charge in [-0.2, -0.15) is 0 Å². The highest BCUT2D eigenvalue weighted by Crippen LogP contribution is 2.37. The lowest BCUT2D eigenvalue weighted by molar-refractivity contribution is 0.0493. The van der Waals surface area contributed by atoms with Crippen LogP contribution in [0.15, 0.2) is 66.7 Å². The summed E-state index contributed by atoms with van der Waals surface area (Å²) in [6.07, 6.45) is 3.77. The minimum atomic E-state index is -0.887. The first-order valence-corrected chi connectivity index (χ1v) is 15.7. The zero-order valence-electron chi connectivity index (χ0n) is 25.6. The molecule has 0 bridgehead atoms. The maximum absolute atomic E-state index is 13.9. The number of aliphatic hydroxyl groups is 1. The number of urea groups is 1. The number of carbonyl (C=O) groups is 1. The van der Waals surface area contributed by atoms with Gasteiger partial charge in [-0.25, -0.2) is 9.78 Å². The summed E-state index contributed by atoms with van der Waals surface area (Å²) in [5, 5.41) is 10.2. The number of hydrogen-bond acceptors (Lipinski definition) is 6. The van der Waals surface area contributed by atoms with Crippen LogP contribution < -0.4 is 4.74 Å². The Labute approximate surface area is 255 Å². The molecule has 0 spiro atoms. The number of aryl methyl sites for hydroxylation is 1. The minimum absolute atomic E-state index is 0.0958. The molecular weight excluding hydrogens is 540 g/mol.